The van der Waals surface area contributed by atoms with Crippen molar-refractivity contribution in [2.75, 3.05) is 13.1 Å². The molecule has 0 saturated carbocycles. The third-order valence-corrected chi connectivity index (χ3v) is 3.94. The van der Waals surface area contributed by atoms with E-state index < -0.39 is 11.4 Å². The zero-order valence-corrected chi connectivity index (χ0v) is 11.1. The number of carboxylic acids is 1. The fraction of sp³-hybridized carbons (Fsp3) is 0.357. The van der Waals surface area contributed by atoms with Crippen LogP contribution in [0, 0.1) is 5.41 Å². The minimum atomic E-state index is -0.850. The monoisotopic (exact) mass is 273 g/mol. The van der Waals surface area contributed by atoms with Gasteiger partial charge >= 0.3 is 5.97 Å². The number of hydrogen-bond acceptors (Lipinski definition) is 3. The zero-order valence-electron chi connectivity index (χ0n) is 11.1. The first kappa shape index (κ1) is 12.7. The summed E-state index contributed by atoms with van der Waals surface area (Å²) in [4.78, 5) is 32.3. The quantitative estimate of drug-likeness (QED) is 0.868. The molecule has 2 aromatic rings. The second kappa shape index (κ2) is 4.33. The number of carbonyl (C=O) groups excluding carboxylic acids is 1. The first-order valence-corrected chi connectivity index (χ1v) is 6.45. The van der Waals surface area contributed by atoms with Crippen molar-refractivity contribution < 1.29 is 14.7 Å². The minimum absolute atomic E-state index is 0.133. The average Bonchev–Trinajstić information content (AvgIpc) is 3.04. The summed E-state index contributed by atoms with van der Waals surface area (Å²) in [6.45, 7) is 2.41. The molecule has 1 atom stereocenters. The molecule has 6 heteroatoms. The molecule has 1 amide bonds. The highest BCUT2D eigenvalue weighted by Gasteiger charge is 2.42. The summed E-state index contributed by atoms with van der Waals surface area (Å²) in [7, 11) is 0. The maximum absolute atomic E-state index is 12.4. The maximum atomic E-state index is 12.4. The lowest BCUT2D eigenvalue weighted by atomic mass is 9.90. The molecule has 2 N–H and O–H groups in total. The molecule has 2 heterocycles. The molecule has 1 aromatic carbocycles. The molecule has 1 aliphatic heterocycles. The maximum Gasteiger partial charge on any atom is 0.311 e. The molecule has 1 aliphatic rings. The number of aliphatic carboxylic acids is 1. The number of imidazole rings is 1. The topological polar surface area (TPSA) is 86.3 Å². The molecule has 0 radical (unpaired) electrons. The number of H-pyrrole nitrogens is 1. The van der Waals surface area contributed by atoms with Crippen molar-refractivity contribution in [2.24, 2.45) is 5.41 Å². The van der Waals surface area contributed by atoms with Crippen LogP contribution in [0.25, 0.3) is 11.0 Å². The Morgan fingerprint density at radius 2 is 2.25 bits per heavy atom. The lowest BCUT2D eigenvalue weighted by Crippen LogP contribution is -2.34. The van der Waals surface area contributed by atoms with E-state index in [9.17, 15) is 14.7 Å². The van der Waals surface area contributed by atoms with Crippen LogP contribution in [0.4, 0.5) is 0 Å². The number of likely N-dealkylation sites (tertiary alicyclic amines) is 1. The Kier molecular flexibility index (Phi) is 2.74. The van der Waals surface area contributed by atoms with Crippen molar-refractivity contribution >= 4 is 22.9 Å². The highest BCUT2D eigenvalue weighted by Crippen LogP contribution is 2.31. The smallest absolute Gasteiger partial charge is 0.311 e. The second-order valence-corrected chi connectivity index (χ2v) is 5.48. The van der Waals surface area contributed by atoms with E-state index in [0.717, 1.165) is 11.0 Å². The van der Waals surface area contributed by atoms with E-state index in [4.69, 9.17) is 0 Å². The van der Waals surface area contributed by atoms with Gasteiger partial charge < -0.3 is 15.0 Å². The van der Waals surface area contributed by atoms with E-state index in [-0.39, 0.29) is 12.5 Å². The number of nitrogens with zero attached hydrogens (tertiary/aromatic N) is 2. The van der Waals surface area contributed by atoms with E-state index in [1.165, 1.54) is 0 Å². The van der Waals surface area contributed by atoms with Crippen molar-refractivity contribution in [2.45, 2.75) is 13.3 Å². The molecule has 0 bridgehead atoms. The highest BCUT2D eigenvalue weighted by molar-refractivity contribution is 5.97. The van der Waals surface area contributed by atoms with Crippen LogP contribution in [0.3, 0.4) is 0 Å². The van der Waals surface area contributed by atoms with Crippen LogP contribution >= 0.6 is 0 Å². The summed E-state index contributed by atoms with van der Waals surface area (Å²) in [5.41, 5.74) is 1.32. The first-order valence-electron chi connectivity index (χ1n) is 6.45. The Morgan fingerprint density at radius 3 is 2.95 bits per heavy atom. The number of carboxylic acid groups (broad SMARTS) is 1. The summed E-state index contributed by atoms with van der Waals surface area (Å²) in [6.07, 6.45) is 2.07. The Morgan fingerprint density at radius 1 is 1.45 bits per heavy atom. The number of hydrogen-bond donors (Lipinski definition) is 2. The predicted molar refractivity (Wildman–Crippen MR) is 72.4 cm³/mol. The fourth-order valence-electron chi connectivity index (χ4n) is 2.56. The zero-order chi connectivity index (χ0) is 14.3. The van der Waals surface area contributed by atoms with E-state index in [2.05, 4.69) is 9.97 Å². The van der Waals surface area contributed by atoms with Crippen LogP contribution in [0.5, 0.6) is 0 Å². The third kappa shape index (κ3) is 1.93. The van der Waals surface area contributed by atoms with Gasteiger partial charge in [-0.25, -0.2) is 4.98 Å². The fourth-order valence-corrected chi connectivity index (χ4v) is 2.56. The number of aromatic nitrogens is 2. The number of rotatable bonds is 2. The van der Waals surface area contributed by atoms with Crippen molar-refractivity contribution in [3.8, 4) is 0 Å². The summed E-state index contributed by atoms with van der Waals surface area (Å²) >= 11 is 0. The molecule has 1 fully saturated rings. The van der Waals surface area contributed by atoms with Crippen LogP contribution < -0.4 is 0 Å². The molecule has 6 nitrogen and oxygen atoms in total. The van der Waals surface area contributed by atoms with Gasteiger partial charge in [-0.15, -0.1) is 0 Å². The molecule has 20 heavy (non-hydrogen) atoms. The first-order chi connectivity index (χ1) is 9.49. The molecule has 3 rings (SSSR count). The van der Waals surface area contributed by atoms with Gasteiger partial charge in [-0.1, -0.05) is 0 Å². The molecule has 1 unspecified atom stereocenters. The lowest BCUT2D eigenvalue weighted by Gasteiger charge is -2.20. The minimum Gasteiger partial charge on any atom is -0.481 e. The van der Waals surface area contributed by atoms with Crippen LogP contribution in [0.1, 0.15) is 23.7 Å². The van der Waals surface area contributed by atoms with E-state index in [1.54, 1.807) is 36.4 Å². The van der Waals surface area contributed by atoms with Crippen LogP contribution in [0.15, 0.2) is 24.5 Å². The Labute approximate surface area is 115 Å². The van der Waals surface area contributed by atoms with Crippen LogP contribution in [0.2, 0.25) is 0 Å². The highest BCUT2D eigenvalue weighted by atomic mass is 16.4. The van der Waals surface area contributed by atoms with Crippen LogP contribution in [-0.2, 0) is 4.79 Å². The molecule has 1 aromatic heterocycles. The predicted octanol–water partition coefficient (Wildman–Crippen LogP) is 1.50. The summed E-state index contributed by atoms with van der Waals surface area (Å²) in [5, 5.41) is 9.20. The standard InChI is InChI=1S/C14H15N3O3/c1-14(13(19)20)4-5-17(7-14)12(18)9-2-3-10-11(6-9)16-8-15-10/h2-3,6,8H,4-5,7H2,1H3,(H,15,16)(H,19,20). The van der Waals surface area contributed by atoms with Gasteiger partial charge in [0.25, 0.3) is 5.91 Å². The summed E-state index contributed by atoms with van der Waals surface area (Å²) < 4.78 is 0. The van der Waals surface area contributed by atoms with Crippen molar-refractivity contribution in [1.29, 1.82) is 0 Å². The van der Waals surface area contributed by atoms with Gasteiger partial charge in [0, 0.05) is 18.7 Å². The number of amides is 1. The molecule has 0 spiro atoms. The van der Waals surface area contributed by atoms with Crippen molar-refractivity contribution in [3.63, 3.8) is 0 Å². The third-order valence-electron chi connectivity index (χ3n) is 3.94. The summed E-state index contributed by atoms with van der Waals surface area (Å²) in [6, 6.07) is 5.26. The van der Waals surface area contributed by atoms with Gasteiger partial charge in [0.1, 0.15) is 0 Å². The van der Waals surface area contributed by atoms with Crippen LogP contribution in [-0.4, -0.2) is 44.9 Å². The van der Waals surface area contributed by atoms with Gasteiger partial charge in [-0.05, 0) is 31.5 Å². The Balaban J connectivity index is 1.84. The van der Waals surface area contributed by atoms with Gasteiger partial charge in [0.05, 0.1) is 22.8 Å². The largest absolute Gasteiger partial charge is 0.481 e. The van der Waals surface area contributed by atoms with E-state index in [1.807, 2.05) is 0 Å². The average molecular weight is 273 g/mol. The van der Waals surface area contributed by atoms with E-state index in [0.29, 0.717) is 18.5 Å². The number of benzene rings is 1. The summed E-state index contributed by atoms with van der Waals surface area (Å²) in [5.74, 6) is -0.983. The van der Waals surface area contributed by atoms with E-state index >= 15 is 0 Å². The molecular formula is C14H15N3O3. The second-order valence-electron chi connectivity index (χ2n) is 5.48. The van der Waals surface area contributed by atoms with Gasteiger partial charge in [-0.2, -0.15) is 0 Å². The lowest BCUT2D eigenvalue weighted by molar-refractivity contribution is -0.147. The van der Waals surface area contributed by atoms with Crippen molar-refractivity contribution in [3.05, 3.63) is 30.1 Å². The van der Waals surface area contributed by atoms with Gasteiger partial charge in [0.2, 0.25) is 0 Å². The molecule has 1 saturated heterocycles. The Bertz CT molecular complexity index is 694. The van der Waals surface area contributed by atoms with Gasteiger partial charge in [-0.3, -0.25) is 9.59 Å². The van der Waals surface area contributed by atoms with Gasteiger partial charge in [0.15, 0.2) is 0 Å². The number of aromatic amines is 1. The number of fused-ring (bicyclic) bond motifs is 1. The normalized spacial score (nSPS) is 22.4. The molecule has 104 valence electrons. The number of carbonyl (C=O) groups is 2. The Hall–Kier alpha value is -2.37. The molecular weight excluding hydrogens is 258 g/mol. The van der Waals surface area contributed by atoms with Crippen molar-refractivity contribution in [1.82, 2.24) is 14.9 Å². The molecule has 0 aliphatic carbocycles. The number of nitrogens with one attached hydrogen (secondary N) is 1. The SMILES string of the molecule is CC1(C(=O)O)CCN(C(=O)c2ccc3nc[nH]c3c2)C1.